The monoisotopic (exact) mass is 325 g/mol. The molecule has 0 unspecified atom stereocenters. The molecule has 1 aromatic carbocycles. The summed E-state index contributed by atoms with van der Waals surface area (Å²) in [4.78, 5) is 0. The van der Waals surface area contributed by atoms with E-state index in [2.05, 4.69) is 0 Å². The number of alkyl halides is 3. The Kier molecular flexibility index (Phi) is 6.47. The average Bonchev–Trinajstić information content (AvgIpc) is 2.36. The lowest BCUT2D eigenvalue weighted by Gasteiger charge is -2.09. The Balaban J connectivity index is 2.19. The summed E-state index contributed by atoms with van der Waals surface area (Å²) in [6.07, 6.45) is -1.66. The Morgan fingerprint density at radius 3 is 2.10 bits per heavy atom. The lowest BCUT2D eigenvalue weighted by atomic mass is 10.2. The van der Waals surface area contributed by atoms with Gasteiger partial charge in [0.05, 0.1) is 17.9 Å². The SMILES string of the molecule is NS(=O)(=O)CCCCCCOc1ccc(C(F)(F)F)cc1. The van der Waals surface area contributed by atoms with E-state index in [0.717, 1.165) is 18.6 Å². The van der Waals surface area contributed by atoms with Gasteiger partial charge in [-0.2, -0.15) is 13.2 Å². The zero-order valence-corrected chi connectivity index (χ0v) is 12.2. The molecule has 8 heteroatoms. The van der Waals surface area contributed by atoms with Gasteiger partial charge in [-0.15, -0.1) is 0 Å². The quantitative estimate of drug-likeness (QED) is 0.747. The van der Waals surface area contributed by atoms with Crippen molar-refractivity contribution in [3.8, 4) is 5.75 Å². The summed E-state index contributed by atoms with van der Waals surface area (Å²) in [7, 11) is -3.40. The second-order valence-corrected chi connectivity index (χ2v) is 6.39. The van der Waals surface area contributed by atoms with Crippen molar-refractivity contribution in [3.05, 3.63) is 29.8 Å². The molecule has 0 saturated carbocycles. The summed E-state index contributed by atoms with van der Waals surface area (Å²) >= 11 is 0. The van der Waals surface area contributed by atoms with Crippen LogP contribution in [0.25, 0.3) is 0 Å². The van der Waals surface area contributed by atoms with Gasteiger partial charge in [-0.05, 0) is 37.1 Å². The van der Waals surface area contributed by atoms with Gasteiger partial charge in [-0.25, -0.2) is 13.6 Å². The molecule has 0 bridgehead atoms. The minimum atomic E-state index is -4.35. The maximum Gasteiger partial charge on any atom is 0.416 e. The van der Waals surface area contributed by atoms with Crippen molar-refractivity contribution in [2.75, 3.05) is 12.4 Å². The highest BCUT2D eigenvalue weighted by Gasteiger charge is 2.29. The van der Waals surface area contributed by atoms with Crippen molar-refractivity contribution in [2.45, 2.75) is 31.9 Å². The van der Waals surface area contributed by atoms with E-state index < -0.39 is 21.8 Å². The third-order valence-electron chi connectivity index (χ3n) is 2.77. The van der Waals surface area contributed by atoms with Gasteiger partial charge in [-0.1, -0.05) is 12.8 Å². The summed E-state index contributed by atoms with van der Waals surface area (Å²) < 4.78 is 63.7. The summed E-state index contributed by atoms with van der Waals surface area (Å²) in [6.45, 7) is 0.376. The first kappa shape index (κ1) is 17.8. The number of hydrogen-bond acceptors (Lipinski definition) is 3. The van der Waals surface area contributed by atoms with Crippen LogP contribution in [-0.2, 0) is 16.2 Å². The van der Waals surface area contributed by atoms with Gasteiger partial charge in [0.1, 0.15) is 5.75 Å². The van der Waals surface area contributed by atoms with Gasteiger partial charge in [0.15, 0.2) is 0 Å². The van der Waals surface area contributed by atoms with Crippen LogP contribution in [0.4, 0.5) is 13.2 Å². The molecule has 0 atom stereocenters. The van der Waals surface area contributed by atoms with E-state index in [1.54, 1.807) is 0 Å². The molecular formula is C13H18F3NO3S. The third-order valence-corrected chi connectivity index (χ3v) is 3.63. The smallest absolute Gasteiger partial charge is 0.416 e. The fourth-order valence-electron chi connectivity index (χ4n) is 1.69. The first-order valence-corrected chi connectivity index (χ1v) is 8.20. The molecule has 1 rings (SSSR count). The lowest BCUT2D eigenvalue weighted by Crippen LogP contribution is -2.16. The van der Waals surface area contributed by atoms with Crippen molar-refractivity contribution in [1.29, 1.82) is 0 Å². The molecule has 0 fully saturated rings. The van der Waals surface area contributed by atoms with Crippen LogP contribution >= 0.6 is 0 Å². The topological polar surface area (TPSA) is 69.4 Å². The zero-order chi connectivity index (χ0) is 15.9. The van der Waals surface area contributed by atoms with E-state index in [0.29, 0.717) is 31.6 Å². The predicted octanol–water partition coefficient (Wildman–Crippen LogP) is 2.93. The number of hydrogen-bond donors (Lipinski definition) is 1. The molecule has 4 nitrogen and oxygen atoms in total. The van der Waals surface area contributed by atoms with Crippen molar-refractivity contribution < 1.29 is 26.3 Å². The fourth-order valence-corrected chi connectivity index (χ4v) is 2.30. The Morgan fingerprint density at radius 2 is 1.57 bits per heavy atom. The van der Waals surface area contributed by atoms with Crippen molar-refractivity contribution in [1.82, 2.24) is 0 Å². The normalized spacial score (nSPS) is 12.4. The second kappa shape index (κ2) is 7.65. The Bertz CT molecular complexity index is 527. The van der Waals surface area contributed by atoms with Gasteiger partial charge < -0.3 is 4.74 Å². The molecule has 0 aliphatic rings. The van der Waals surface area contributed by atoms with Gasteiger partial charge >= 0.3 is 6.18 Å². The van der Waals surface area contributed by atoms with E-state index >= 15 is 0 Å². The van der Waals surface area contributed by atoms with Crippen molar-refractivity contribution >= 4 is 10.0 Å². The molecule has 0 aliphatic carbocycles. The van der Waals surface area contributed by atoms with E-state index in [4.69, 9.17) is 9.88 Å². The number of nitrogens with two attached hydrogens (primary N) is 1. The van der Waals surface area contributed by atoms with Crippen LogP contribution in [0.2, 0.25) is 0 Å². The number of rotatable bonds is 8. The van der Waals surface area contributed by atoms with Crippen LogP contribution in [0.15, 0.2) is 24.3 Å². The molecule has 0 amide bonds. The molecule has 0 radical (unpaired) electrons. The molecule has 0 saturated heterocycles. The largest absolute Gasteiger partial charge is 0.494 e. The first-order chi connectivity index (χ1) is 9.68. The van der Waals surface area contributed by atoms with E-state index in [1.165, 1.54) is 12.1 Å². The van der Waals surface area contributed by atoms with E-state index in [9.17, 15) is 21.6 Å². The van der Waals surface area contributed by atoms with Crippen LogP contribution in [0.5, 0.6) is 5.75 Å². The maximum atomic E-state index is 12.3. The molecular weight excluding hydrogens is 307 g/mol. The second-order valence-electron chi connectivity index (χ2n) is 4.65. The predicted molar refractivity (Wildman–Crippen MR) is 73.4 cm³/mol. The number of primary sulfonamides is 1. The van der Waals surface area contributed by atoms with E-state index in [-0.39, 0.29) is 5.75 Å². The van der Waals surface area contributed by atoms with Crippen LogP contribution < -0.4 is 9.88 Å². The first-order valence-electron chi connectivity index (χ1n) is 6.49. The molecule has 1 aromatic rings. The van der Waals surface area contributed by atoms with Crippen LogP contribution in [0, 0.1) is 0 Å². The van der Waals surface area contributed by atoms with Crippen LogP contribution in [0.1, 0.15) is 31.2 Å². The number of benzene rings is 1. The average molecular weight is 325 g/mol. The zero-order valence-electron chi connectivity index (χ0n) is 11.4. The molecule has 0 heterocycles. The van der Waals surface area contributed by atoms with Gasteiger partial charge in [0.25, 0.3) is 0 Å². The van der Waals surface area contributed by atoms with Crippen LogP contribution in [-0.4, -0.2) is 20.8 Å². The molecule has 0 aliphatic heterocycles. The van der Waals surface area contributed by atoms with Gasteiger partial charge in [0.2, 0.25) is 10.0 Å². The number of ether oxygens (including phenoxy) is 1. The van der Waals surface area contributed by atoms with Crippen molar-refractivity contribution in [2.24, 2.45) is 5.14 Å². The number of halogens is 3. The Hall–Kier alpha value is -1.28. The molecule has 0 spiro atoms. The van der Waals surface area contributed by atoms with Crippen molar-refractivity contribution in [3.63, 3.8) is 0 Å². The Morgan fingerprint density at radius 1 is 1.00 bits per heavy atom. The van der Waals surface area contributed by atoms with Crippen LogP contribution in [0.3, 0.4) is 0 Å². The molecule has 120 valence electrons. The molecule has 21 heavy (non-hydrogen) atoms. The minimum absolute atomic E-state index is 0.0350. The number of sulfonamides is 1. The molecule has 0 aromatic heterocycles. The standard InChI is InChI=1S/C13H18F3NO3S/c14-13(15,16)11-5-7-12(8-6-11)20-9-3-1-2-4-10-21(17,18)19/h5-8H,1-4,9-10H2,(H2,17,18,19). The highest BCUT2D eigenvalue weighted by Crippen LogP contribution is 2.30. The molecule has 2 N–H and O–H groups in total. The van der Waals surface area contributed by atoms with Gasteiger partial charge in [-0.3, -0.25) is 0 Å². The highest BCUT2D eigenvalue weighted by atomic mass is 32.2. The van der Waals surface area contributed by atoms with Gasteiger partial charge in [0, 0.05) is 0 Å². The summed E-state index contributed by atoms with van der Waals surface area (Å²) in [5.74, 6) is 0.347. The number of unbranched alkanes of at least 4 members (excludes halogenated alkanes) is 3. The maximum absolute atomic E-state index is 12.3. The fraction of sp³-hybridized carbons (Fsp3) is 0.538. The minimum Gasteiger partial charge on any atom is -0.494 e. The summed E-state index contributed by atoms with van der Waals surface area (Å²) in [5, 5.41) is 4.86. The Labute approximate surface area is 122 Å². The lowest BCUT2D eigenvalue weighted by molar-refractivity contribution is -0.137. The summed E-state index contributed by atoms with van der Waals surface area (Å²) in [6, 6.07) is 4.51. The third kappa shape index (κ3) is 7.91. The highest BCUT2D eigenvalue weighted by molar-refractivity contribution is 7.89. The summed E-state index contributed by atoms with van der Waals surface area (Å²) in [5.41, 5.74) is -0.710. The van der Waals surface area contributed by atoms with E-state index in [1.807, 2.05) is 0 Å².